The van der Waals surface area contributed by atoms with Gasteiger partial charge in [0.25, 0.3) is 0 Å². The maximum Gasteiger partial charge on any atom is 0.328 e. The minimum atomic E-state index is -0.403. The normalized spacial score (nSPS) is 25.6. The summed E-state index contributed by atoms with van der Waals surface area (Å²) in [5.41, 5.74) is -0.283. The van der Waals surface area contributed by atoms with E-state index in [1.165, 1.54) is 7.11 Å². The highest BCUT2D eigenvalue weighted by Gasteiger charge is 2.42. The first-order valence-electron chi connectivity index (χ1n) is 7.04. The van der Waals surface area contributed by atoms with Crippen LogP contribution >= 0.6 is 0 Å². The van der Waals surface area contributed by atoms with Crippen LogP contribution in [0.1, 0.15) is 44.9 Å². The van der Waals surface area contributed by atoms with E-state index in [2.05, 4.69) is 0 Å². The lowest BCUT2D eigenvalue weighted by Gasteiger charge is -2.42. The van der Waals surface area contributed by atoms with Crippen LogP contribution < -0.4 is 0 Å². The lowest BCUT2D eigenvalue weighted by molar-refractivity contribution is -0.159. The molecular weight excluding hydrogens is 246 g/mol. The SMILES string of the molecule is COC(=O)[C@H]1CCCCN1C(=O)CC1(OC)CCC1. The van der Waals surface area contributed by atoms with Crippen LogP contribution in [0, 0.1) is 0 Å². The Labute approximate surface area is 114 Å². The molecule has 5 nitrogen and oxygen atoms in total. The van der Waals surface area contributed by atoms with Crippen LogP contribution in [-0.2, 0) is 19.1 Å². The van der Waals surface area contributed by atoms with Crippen molar-refractivity contribution in [1.29, 1.82) is 0 Å². The fourth-order valence-electron chi connectivity index (χ4n) is 3.01. The summed E-state index contributed by atoms with van der Waals surface area (Å²) < 4.78 is 10.3. The average Bonchev–Trinajstić information content (AvgIpc) is 2.41. The Morgan fingerprint density at radius 3 is 2.47 bits per heavy atom. The van der Waals surface area contributed by atoms with Gasteiger partial charge in [-0.15, -0.1) is 0 Å². The van der Waals surface area contributed by atoms with Gasteiger partial charge >= 0.3 is 5.97 Å². The van der Waals surface area contributed by atoms with Crippen LogP contribution in [0.3, 0.4) is 0 Å². The minimum Gasteiger partial charge on any atom is -0.467 e. The van der Waals surface area contributed by atoms with Gasteiger partial charge in [0, 0.05) is 13.7 Å². The highest BCUT2D eigenvalue weighted by atomic mass is 16.5. The van der Waals surface area contributed by atoms with E-state index in [0.29, 0.717) is 19.4 Å². The molecular formula is C14H23NO4. The van der Waals surface area contributed by atoms with Gasteiger partial charge in [-0.2, -0.15) is 0 Å². The highest BCUT2D eigenvalue weighted by Crippen LogP contribution is 2.38. The number of likely N-dealkylation sites (tertiary alicyclic amines) is 1. The van der Waals surface area contributed by atoms with Gasteiger partial charge in [-0.3, -0.25) is 4.79 Å². The van der Waals surface area contributed by atoms with E-state index in [1.54, 1.807) is 12.0 Å². The second-order valence-electron chi connectivity index (χ2n) is 5.54. The van der Waals surface area contributed by atoms with Crippen molar-refractivity contribution in [2.45, 2.75) is 56.6 Å². The molecule has 1 aliphatic carbocycles. The van der Waals surface area contributed by atoms with Crippen molar-refractivity contribution < 1.29 is 19.1 Å². The summed E-state index contributed by atoms with van der Waals surface area (Å²) in [7, 11) is 3.04. The number of nitrogens with zero attached hydrogens (tertiary/aromatic N) is 1. The molecule has 2 fully saturated rings. The fourth-order valence-corrected chi connectivity index (χ4v) is 3.01. The van der Waals surface area contributed by atoms with Crippen molar-refractivity contribution in [2.24, 2.45) is 0 Å². The van der Waals surface area contributed by atoms with Crippen LogP contribution in [0.4, 0.5) is 0 Å². The van der Waals surface area contributed by atoms with Gasteiger partial charge in [0.2, 0.25) is 5.91 Å². The summed E-state index contributed by atoms with van der Waals surface area (Å²) in [4.78, 5) is 25.9. The van der Waals surface area contributed by atoms with Crippen LogP contribution in [0.25, 0.3) is 0 Å². The molecule has 0 spiro atoms. The second kappa shape index (κ2) is 5.90. The van der Waals surface area contributed by atoms with Crippen molar-refractivity contribution >= 4 is 11.9 Å². The molecule has 2 aliphatic rings. The van der Waals surface area contributed by atoms with E-state index in [9.17, 15) is 9.59 Å². The maximum absolute atomic E-state index is 12.4. The zero-order valence-electron chi connectivity index (χ0n) is 11.8. The van der Waals surface area contributed by atoms with Crippen LogP contribution in [0.5, 0.6) is 0 Å². The summed E-state index contributed by atoms with van der Waals surface area (Å²) in [5.74, 6) is -0.273. The first kappa shape index (κ1) is 14.3. The van der Waals surface area contributed by atoms with E-state index in [-0.39, 0.29) is 17.5 Å². The number of rotatable bonds is 4. The van der Waals surface area contributed by atoms with Gasteiger partial charge in [0.15, 0.2) is 0 Å². The standard InChI is InChI=1S/C14H23NO4/c1-18-13(17)11-6-3-4-9-15(11)12(16)10-14(19-2)7-5-8-14/h11H,3-10H2,1-2H3/t11-/m1/s1. The van der Waals surface area contributed by atoms with Crippen molar-refractivity contribution in [3.8, 4) is 0 Å². The van der Waals surface area contributed by atoms with Gasteiger partial charge < -0.3 is 14.4 Å². The number of hydrogen-bond donors (Lipinski definition) is 0. The Kier molecular flexibility index (Phi) is 4.45. The molecule has 108 valence electrons. The molecule has 1 amide bonds. The van der Waals surface area contributed by atoms with E-state index in [1.807, 2.05) is 0 Å². The number of amides is 1. The fraction of sp³-hybridized carbons (Fsp3) is 0.857. The molecule has 1 aliphatic heterocycles. The van der Waals surface area contributed by atoms with Gasteiger partial charge in [-0.05, 0) is 38.5 Å². The molecule has 0 unspecified atom stereocenters. The average molecular weight is 269 g/mol. The Hall–Kier alpha value is -1.10. The molecule has 19 heavy (non-hydrogen) atoms. The molecule has 0 aromatic rings. The molecule has 1 saturated carbocycles. The third-order valence-electron chi connectivity index (χ3n) is 4.47. The van der Waals surface area contributed by atoms with Crippen LogP contribution in [0.2, 0.25) is 0 Å². The molecule has 1 atom stereocenters. The largest absolute Gasteiger partial charge is 0.467 e. The number of methoxy groups -OCH3 is 2. The third-order valence-corrected chi connectivity index (χ3v) is 4.47. The second-order valence-corrected chi connectivity index (χ2v) is 5.54. The summed E-state index contributed by atoms with van der Waals surface area (Å²) >= 11 is 0. The number of carbonyl (C=O) groups excluding carboxylic acids is 2. The Bertz CT molecular complexity index is 346. The van der Waals surface area contributed by atoms with Crippen molar-refractivity contribution in [1.82, 2.24) is 4.90 Å². The topological polar surface area (TPSA) is 55.8 Å². The molecule has 0 aromatic heterocycles. The first-order chi connectivity index (χ1) is 9.12. The number of esters is 1. The lowest BCUT2D eigenvalue weighted by atomic mass is 9.77. The number of ether oxygens (including phenoxy) is 2. The van der Waals surface area contributed by atoms with E-state index >= 15 is 0 Å². The van der Waals surface area contributed by atoms with Gasteiger partial charge in [0.1, 0.15) is 6.04 Å². The minimum absolute atomic E-state index is 0.0247. The molecule has 0 N–H and O–H groups in total. The van der Waals surface area contributed by atoms with Crippen molar-refractivity contribution in [2.75, 3.05) is 20.8 Å². The summed E-state index contributed by atoms with van der Waals surface area (Å²) in [6.07, 6.45) is 6.01. The van der Waals surface area contributed by atoms with Crippen LogP contribution in [0.15, 0.2) is 0 Å². The number of hydrogen-bond acceptors (Lipinski definition) is 4. The zero-order chi connectivity index (χ0) is 13.9. The van der Waals surface area contributed by atoms with Crippen molar-refractivity contribution in [3.63, 3.8) is 0 Å². The summed E-state index contributed by atoms with van der Waals surface area (Å²) in [6.45, 7) is 0.651. The highest BCUT2D eigenvalue weighted by molar-refractivity contribution is 5.85. The first-order valence-corrected chi connectivity index (χ1v) is 7.04. The Morgan fingerprint density at radius 1 is 1.21 bits per heavy atom. The number of piperidine rings is 1. The third kappa shape index (κ3) is 2.91. The predicted molar refractivity (Wildman–Crippen MR) is 69.6 cm³/mol. The molecule has 1 saturated heterocycles. The Balaban J connectivity index is 2.01. The van der Waals surface area contributed by atoms with Gasteiger partial charge in [-0.25, -0.2) is 4.79 Å². The predicted octanol–water partition coefficient (Wildman–Crippen LogP) is 1.50. The van der Waals surface area contributed by atoms with Crippen LogP contribution in [-0.4, -0.2) is 49.2 Å². The molecule has 2 rings (SSSR count). The molecule has 0 radical (unpaired) electrons. The Morgan fingerprint density at radius 2 is 1.95 bits per heavy atom. The summed E-state index contributed by atoms with van der Waals surface area (Å²) in [6, 6.07) is -0.403. The maximum atomic E-state index is 12.4. The monoisotopic (exact) mass is 269 g/mol. The molecule has 0 bridgehead atoms. The lowest BCUT2D eigenvalue weighted by Crippen LogP contribution is -2.52. The molecule has 5 heteroatoms. The number of carbonyl (C=O) groups is 2. The summed E-state index contributed by atoms with van der Waals surface area (Å²) in [5, 5.41) is 0. The smallest absolute Gasteiger partial charge is 0.328 e. The quantitative estimate of drug-likeness (QED) is 0.726. The van der Waals surface area contributed by atoms with E-state index in [0.717, 1.165) is 32.1 Å². The zero-order valence-corrected chi connectivity index (χ0v) is 11.8. The molecule has 0 aromatic carbocycles. The van der Waals surface area contributed by atoms with E-state index in [4.69, 9.17) is 9.47 Å². The van der Waals surface area contributed by atoms with E-state index < -0.39 is 6.04 Å². The molecule has 1 heterocycles. The van der Waals surface area contributed by atoms with Crippen molar-refractivity contribution in [3.05, 3.63) is 0 Å². The van der Waals surface area contributed by atoms with Gasteiger partial charge in [-0.1, -0.05) is 0 Å². The van der Waals surface area contributed by atoms with Gasteiger partial charge in [0.05, 0.1) is 19.1 Å².